The first-order chi connectivity index (χ1) is 9.60. The third-order valence-corrected chi connectivity index (χ3v) is 4.50. The fourth-order valence-corrected chi connectivity index (χ4v) is 3.31. The van der Waals surface area contributed by atoms with E-state index in [1.807, 2.05) is 22.8 Å². The monoisotopic (exact) mass is 464 g/mol. The zero-order valence-electron chi connectivity index (χ0n) is 10.1. The van der Waals surface area contributed by atoms with Crippen molar-refractivity contribution < 1.29 is 4.39 Å². The van der Waals surface area contributed by atoms with Crippen molar-refractivity contribution in [2.45, 2.75) is 5.88 Å². The molecule has 0 unspecified atom stereocenters. The molecule has 1 heterocycles. The zero-order valence-corrected chi connectivity index (χ0v) is 14.6. The predicted molar refractivity (Wildman–Crippen MR) is 91.0 cm³/mol. The molecule has 102 valence electrons. The van der Waals surface area contributed by atoms with E-state index in [-0.39, 0.29) is 11.7 Å². The van der Waals surface area contributed by atoms with Crippen molar-refractivity contribution >= 4 is 61.2 Å². The number of imidazole rings is 1. The molecule has 3 rings (SSSR count). The van der Waals surface area contributed by atoms with Crippen LogP contribution >= 0.6 is 50.1 Å². The molecule has 0 saturated heterocycles. The Morgan fingerprint density at radius 3 is 2.75 bits per heavy atom. The standard InChI is InChI=1S/C14H8BrClFIN2/c15-10-5-8(17)1-3-12(10)20-13-4-2-9(18)6-11(13)19-14(20)7-16/h1-6H,7H2. The van der Waals surface area contributed by atoms with Crippen LogP contribution in [0.15, 0.2) is 40.9 Å². The number of fused-ring (bicyclic) bond motifs is 1. The number of alkyl halides is 1. The summed E-state index contributed by atoms with van der Waals surface area (Å²) in [7, 11) is 0. The van der Waals surface area contributed by atoms with Gasteiger partial charge >= 0.3 is 0 Å². The highest BCUT2D eigenvalue weighted by Gasteiger charge is 2.14. The van der Waals surface area contributed by atoms with Gasteiger partial charge in [-0.15, -0.1) is 11.6 Å². The van der Waals surface area contributed by atoms with Gasteiger partial charge in [-0.1, -0.05) is 0 Å². The summed E-state index contributed by atoms with van der Waals surface area (Å²) in [5.41, 5.74) is 2.66. The molecule has 0 saturated carbocycles. The average molecular weight is 465 g/mol. The second-order valence-electron chi connectivity index (χ2n) is 4.23. The van der Waals surface area contributed by atoms with Crippen molar-refractivity contribution in [1.29, 1.82) is 0 Å². The van der Waals surface area contributed by atoms with Crippen LogP contribution in [0.3, 0.4) is 0 Å². The lowest BCUT2D eigenvalue weighted by Gasteiger charge is -2.10. The van der Waals surface area contributed by atoms with E-state index in [4.69, 9.17) is 11.6 Å². The average Bonchev–Trinajstić information content (AvgIpc) is 2.76. The van der Waals surface area contributed by atoms with E-state index in [0.29, 0.717) is 4.47 Å². The Balaban J connectivity index is 2.34. The highest BCUT2D eigenvalue weighted by Crippen LogP contribution is 2.29. The number of hydrogen-bond donors (Lipinski definition) is 0. The SMILES string of the molecule is Fc1ccc(-n2c(CCl)nc3cc(I)ccc32)c(Br)c1. The Hall–Kier alpha value is -0.660. The number of aromatic nitrogens is 2. The predicted octanol–water partition coefficient (Wildman–Crippen LogP) is 5.27. The molecule has 3 aromatic rings. The summed E-state index contributed by atoms with van der Waals surface area (Å²) in [6, 6.07) is 10.6. The van der Waals surface area contributed by atoms with Gasteiger partial charge < -0.3 is 0 Å². The van der Waals surface area contributed by atoms with Crippen molar-refractivity contribution in [2.75, 3.05) is 0 Å². The van der Waals surface area contributed by atoms with Crippen LogP contribution in [0.2, 0.25) is 0 Å². The van der Waals surface area contributed by atoms with Gasteiger partial charge in [0.1, 0.15) is 11.6 Å². The number of hydrogen-bond acceptors (Lipinski definition) is 1. The second kappa shape index (κ2) is 5.61. The molecule has 0 amide bonds. The Labute approximate surface area is 142 Å². The Bertz CT molecular complexity index is 803. The highest BCUT2D eigenvalue weighted by molar-refractivity contribution is 14.1. The molecule has 2 nitrogen and oxygen atoms in total. The van der Waals surface area contributed by atoms with E-state index in [1.165, 1.54) is 12.1 Å². The Morgan fingerprint density at radius 2 is 2.05 bits per heavy atom. The van der Waals surface area contributed by atoms with Gasteiger partial charge in [-0.2, -0.15) is 0 Å². The molecule has 0 N–H and O–H groups in total. The van der Waals surface area contributed by atoms with Crippen molar-refractivity contribution in [3.05, 3.63) is 56.1 Å². The molecular formula is C14H8BrClFIN2. The second-order valence-corrected chi connectivity index (χ2v) is 6.59. The van der Waals surface area contributed by atoms with E-state index in [2.05, 4.69) is 43.5 Å². The number of rotatable bonds is 2. The van der Waals surface area contributed by atoms with Gasteiger partial charge in [-0.05, 0) is 74.9 Å². The van der Waals surface area contributed by atoms with E-state index < -0.39 is 0 Å². The van der Waals surface area contributed by atoms with Crippen molar-refractivity contribution in [3.63, 3.8) is 0 Å². The summed E-state index contributed by atoms with van der Waals surface area (Å²) >= 11 is 11.6. The van der Waals surface area contributed by atoms with Gasteiger partial charge in [0, 0.05) is 8.04 Å². The topological polar surface area (TPSA) is 17.8 Å². The molecule has 0 spiro atoms. The van der Waals surface area contributed by atoms with Crippen molar-refractivity contribution in [1.82, 2.24) is 9.55 Å². The van der Waals surface area contributed by atoms with Crippen LogP contribution < -0.4 is 0 Å². The third-order valence-electron chi connectivity index (χ3n) is 2.96. The number of nitrogens with zero attached hydrogens (tertiary/aromatic N) is 2. The number of benzene rings is 2. The molecule has 0 aliphatic heterocycles. The van der Waals surface area contributed by atoms with Gasteiger partial charge in [0.15, 0.2) is 0 Å². The molecule has 0 aliphatic rings. The minimum absolute atomic E-state index is 0.285. The maximum Gasteiger partial charge on any atom is 0.129 e. The lowest BCUT2D eigenvalue weighted by atomic mass is 10.2. The fraction of sp³-hybridized carbons (Fsp3) is 0.0714. The van der Waals surface area contributed by atoms with Crippen LogP contribution in [0.4, 0.5) is 4.39 Å². The lowest BCUT2D eigenvalue weighted by Crippen LogP contribution is -2.00. The first-order valence-electron chi connectivity index (χ1n) is 5.78. The Morgan fingerprint density at radius 1 is 1.25 bits per heavy atom. The molecule has 0 atom stereocenters. The van der Waals surface area contributed by atoms with Crippen molar-refractivity contribution in [3.8, 4) is 5.69 Å². The molecule has 0 aliphatic carbocycles. The molecule has 20 heavy (non-hydrogen) atoms. The van der Waals surface area contributed by atoms with E-state index in [0.717, 1.165) is 26.1 Å². The van der Waals surface area contributed by atoms with Crippen LogP contribution in [0, 0.1) is 9.39 Å². The fourth-order valence-electron chi connectivity index (χ4n) is 2.12. The van der Waals surface area contributed by atoms with Gasteiger partial charge in [-0.3, -0.25) is 4.57 Å². The molecule has 2 aromatic carbocycles. The first kappa shape index (κ1) is 14.3. The third kappa shape index (κ3) is 2.46. The first-order valence-corrected chi connectivity index (χ1v) is 8.19. The summed E-state index contributed by atoms with van der Waals surface area (Å²) < 4.78 is 17.0. The van der Waals surface area contributed by atoms with Gasteiger partial charge in [0.2, 0.25) is 0 Å². The zero-order chi connectivity index (χ0) is 14.3. The largest absolute Gasteiger partial charge is 0.294 e. The summed E-state index contributed by atoms with van der Waals surface area (Å²) in [5, 5.41) is 0. The molecule has 0 radical (unpaired) electrons. The van der Waals surface area contributed by atoms with Gasteiger partial charge in [-0.25, -0.2) is 9.37 Å². The highest BCUT2D eigenvalue weighted by atomic mass is 127. The van der Waals surface area contributed by atoms with E-state index in [1.54, 1.807) is 6.07 Å². The summed E-state index contributed by atoms with van der Waals surface area (Å²) in [4.78, 5) is 4.54. The summed E-state index contributed by atoms with van der Waals surface area (Å²) in [6.45, 7) is 0. The van der Waals surface area contributed by atoms with Crippen LogP contribution in [-0.4, -0.2) is 9.55 Å². The minimum atomic E-state index is -0.285. The molecule has 6 heteroatoms. The maximum absolute atomic E-state index is 13.3. The summed E-state index contributed by atoms with van der Waals surface area (Å²) in [5.74, 6) is 0.734. The normalized spacial score (nSPS) is 11.2. The molecule has 0 fully saturated rings. The molecule has 1 aromatic heterocycles. The van der Waals surface area contributed by atoms with E-state index >= 15 is 0 Å². The van der Waals surface area contributed by atoms with Crippen molar-refractivity contribution in [2.24, 2.45) is 0 Å². The maximum atomic E-state index is 13.3. The van der Waals surface area contributed by atoms with Crippen LogP contribution in [0.1, 0.15) is 5.82 Å². The quantitative estimate of drug-likeness (QED) is 0.373. The van der Waals surface area contributed by atoms with Gasteiger partial charge in [0.25, 0.3) is 0 Å². The van der Waals surface area contributed by atoms with E-state index in [9.17, 15) is 4.39 Å². The van der Waals surface area contributed by atoms with Crippen LogP contribution in [0.5, 0.6) is 0 Å². The van der Waals surface area contributed by atoms with Crippen LogP contribution in [0.25, 0.3) is 16.7 Å². The number of halogens is 4. The van der Waals surface area contributed by atoms with Crippen LogP contribution in [-0.2, 0) is 5.88 Å². The summed E-state index contributed by atoms with van der Waals surface area (Å²) in [6.07, 6.45) is 0. The molecular weight excluding hydrogens is 457 g/mol. The lowest BCUT2D eigenvalue weighted by molar-refractivity contribution is 0.626. The molecule has 0 bridgehead atoms. The van der Waals surface area contributed by atoms with Gasteiger partial charge in [0.05, 0.1) is 22.6 Å². The Kier molecular flexibility index (Phi) is 4.01. The smallest absolute Gasteiger partial charge is 0.129 e. The minimum Gasteiger partial charge on any atom is -0.294 e.